The van der Waals surface area contributed by atoms with Gasteiger partial charge in [0.05, 0.1) is 13.2 Å². The van der Waals surface area contributed by atoms with Crippen LogP contribution in [0, 0.1) is 17.3 Å². The van der Waals surface area contributed by atoms with Crippen molar-refractivity contribution in [2.45, 2.75) is 63.9 Å². The molecule has 35 heavy (non-hydrogen) atoms. The highest BCUT2D eigenvalue weighted by Crippen LogP contribution is 2.63. The molecule has 0 radical (unpaired) electrons. The molecule has 4 nitrogen and oxygen atoms in total. The second kappa shape index (κ2) is 8.67. The molecular weight excluding hydrogens is 436 g/mol. The van der Waals surface area contributed by atoms with Crippen molar-refractivity contribution in [3.63, 3.8) is 0 Å². The lowest BCUT2D eigenvalue weighted by atomic mass is 9.53. The number of fused-ring (bicyclic) bond motifs is 4. The lowest BCUT2D eigenvalue weighted by Crippen LogP contribution is -2.45. The lowest BCUT2D eigenvalue weighted by Gasteiger charge is -2.52. The first-order valence-electron chi connectivity index (χ1n) is 13.0. The second-order valence-corrected chi connectivity index (χ2v) is 11.0. The van der Waals surface area contributed by atoms with E-state index in [1.807, 2.05) is 30.3 Å². The Balaban J connectivity index is 1.35. The van der Waals surface area contributed by atoms with Crippen LogP contribution in [0.5, 0.6) is 17.2 Å². The Hall–Kier alpha value is -2.85. The number of methoxy groups -OCH3 is 1. The van der Waals surface area contributed by atoms with E-state index in [2.05, 4.69) is 31.2 Å². The van der Waals surface area contributed by atoms with Gasteiger partial charge in [-0.25, -0.2) is 0 Å². The van der Waals surface area contributed by atoms with Crippen LogP contribution in [0.1, 0.15) is 63.4 Å². The average Bonchev–Trinajstić information content (AvgIpc) is 3.18. The maximum absolute atomic E-state index is 12.2. The Bertz CT molecular complexity index is 1190. The molecule has 0 spiro atoms. The van der Waals surface area contributed by atoms with Crippen LogP contribution < -0.4 is 9.47 Å². The molecule has 4 heteroatoms. The SMILES string of the molecule is COc1ccc(Oc2ccc(C3CC4(C)C(CC[C@@H]4O)C4CCC5=CC(=O)CCC5=C34)cc2)cc1. The van der Waals surface area contributed by atoms with Crippen LogP contribution in [0.2, 0.25) is 0 Å². The molecule has 2 aromatic rings. The Morgan fingerprint density at radius 3 is 2.29 bits per heavy atom. The van der Waals surface area contributed by atoms with Crippen molar-refractivity contribution < 1.29 is 19.4 Å². The predicted octanol–water partition coefficient (Wildman–Crippen LogP) is 6.75. The molecule has 5 atom stereocenters. The molecule has 0 aliphatic heterocycles. The van der Waals surface area contributed by atoms with Crippen LogP contribution >= 0.6 is 0 Å². The van der Waals surface area contributed by atoms with Crippen LogP contribution in [0.4, 0.5) is 0 Å². The van der Waals surface area contributed by atoms with E-state index in [4.69, 9.17) is 9.47 Å². The molecule has 0 amide bonds. The molecular formula is C31H34O4. The van der Waals surface area contributed by atoms with E-state index in [0.717, 1.165) is 55.8 Å². The maximum atomic E-state index is 12.2. The smallest absolute Gasteiger partial charge is 0.156 e. The fourth-order valence-corrected chi connectivity index (χ4v) is 7.48. The van der Waals surface area contributed by atoms with Gasteiger partial charge in [-0.1, -0.05) is 24.6 Å². The van der Waals surface area contributed by atoms with Crippen LogP contribution in [0.15, 0.2) is 71.3 Å². The summed E-state index contributed by atoms with van der Waals surface area (Å²) in [7, 11) is 1.66. The molecule has 4 aliphatic rings. The molecule has 4 aliphatic carbocycles. The Kier molecular flexibility index (Phi) is 5.60. The molecule has 6 rings (SSSR count). The van der Waals surface area contributed by atoms with Crippen LogP contribution in [-0.4, -0.2) is 24.1 Å². The van der Waals surface area contributed by atoms with Gasteiger partial charge in [-0.05, 0) is 115 Å². The summed E-state index contributed by atoms with van der Waals surface area (Å²) in [5, 5.41) is 11.1. The first-order valence-corrected chi connectivity index (χ1v) is 13.0. The van der Waals surface area contributed by atoms with Gasteiger partial charge < -0.3 is 14.6 Å². The van der Waals surface area contributed by atoms with Crippen molar-refractivity contribution in [1.29, 1.82) is 0 Å². The minimum absolute atomic E-state index is 0.0522. The minimum Gasteiger partial charge on any atom is -0.497 e. The van der Waals surface area contributed by atoms with Gasteiger partial charge in [-0.2, -0.15) is 0 Å². The predicted molar refractivity (Wildman–Crippen MR) is 136 cm³/mol. The number of allylic oxidation sites excluding steroid dienone is 4. The average molecular weight is 471 g/mol. The fraction of sp³-hybridized carbons (Fsp3) is 0.452. The summed E-state index contributed by atoms with van der Waals surface area (Å²) in [6.07, 6.45) is 8.26. The molecule has 2 fully saturated rings. The Morgan fingerprint density at radius 2 is 1.57 bits per heavy atom. The summed E-state index contributed by atoms with van der Waals surface area (Å²) in [4.78, 5) is 12.2. The van der Waals surface area contributed by atoms with Gasteiger partial charge in [0.15, 0.2) is 5.78 Å². The zero-order valence-electron chi connectivity index (χ0n) is 20.6. The first-order chi connectivity index (χ1) is 17.0. The van der Waals surface area contributed by atoms with Crippen molar-refractivity contribution in [2.75, 3.05) is 7.11 Å². The van der Waals surface area contributed by atoms with E-state index in [1.54, 1.807) is 12.7 Å². The van der Waals surface area contributed by atoms with Gasteiger partial charge in [-0.15, -0.1) is 0 Å². The standard InChI is InChI=1S/C31H34O4/c1-31-18-27(19-3-7-23(8-4-19)35-24-11-9-22(34-2)10-12-24)30-25-14-6-21(32)17-20(25)5-13-26(30)28(31)15-16-29(31)33/h3-4,7-12,17,26-29,33H,5-6,13-16,18H2,1-2H3/t26?,27?,28?,29-,31?/m0/s1. The van der Waals surface area contributed by atoms with E-state index in [0.29, 0.717) is 18.3 Å². The highest BCUT2D eigenvalue weighted by atomic mass is 16.5. The van der Waals surface area contributed by atoms with E-state index in [1.165, 1.54) is 16.7 Å². The number of carbonyl (C=O) groups is 1. The summed E-state index contributed by atoms with van der Waals surface area (Å²) in [6, 6.07) is 16.1. The Labute approximate surface area is 207 Å². The summed E-state index contributed by atoms with van der Waals surface area (Å²) in [6.45, 7) is 2.32. The van der Waals surface area contributed by atoms with Crippen molar-refractivity contribution >= 4 is 5.78 Å². The van der Waals surface area contributed by atoms with Gasteiger partial charge in [0.2, 0.25) is 0 Å². The number of rotatable bonds is 4. The number of hydrogen-bond donors (Lipinski definition) is 1. The summed E-state index contributed by atoms with van der Waals surface area (Å²) in [5.41, 5.74) is 5.53. The third kappa shape index (κ3) is 3.83. The number of aliphatic hydroxyl groups is 1. The highest BCUT2D eigenvalue weighted by Gasteiger charge is 2.56. The highest BCUT2D eigenvalue weighted by molar-refractivity contribution is 5.93. The number of benzene rings is 2. The molecule has 2 aromatic carbocycles. The van der Waals surface area contributed by atoms with Crippen LogP contribution in [-0.2, 0) is 4.79 Å². The number of aliphatic hydroxyl groups excluding tert-OH is 1. The van der Waals surface area contributed by atoms with E-state index in [-0.39, 0.29) is 23.2 Å². The van der Waals surface area contributed by atoms with Crippen molar-refractivity contribution in [3.8, 4) is 17.2 Å². The molecule has 1 N–H and O–H groups in total. The summed E-state index contributed by atoms with van der Waals surface area (Å²) in [5.74, 6) is 3.98. The zero-order valence-corrected chi connectivity index (χ0v) is 20.6. The maximum Gasteiger partial charge on any atom is 0.156 e. The van der Waals surface area contributed by atoms with Gasteiger partial charge in [0, 0.05) is 12.3 Å². The first kappa shape index (κ1) is 22.6. The molecule has 2 saturated carbocycles. The third-order valence-corrected chi connectivity index (χ3v) is 9.26. The van der Waals surface area contributed by atoms with E-state index < -0.39 is 0 Å². The van der Waals surface area contributed by atoms with Crippen molar-refractivity contribution in [3.05, 3.63) is 76.9 Å². The van der Waals surface area contributed by atoms with Gasteiger partial charge in [0.1, 0.15) is 17.2 Å². The quantitative estimate of drug-likeness (QED) is 0.537. The monoisotopic (exact) mass is 470 g/mol. The fourth-order valence-electron chi connectivity index (χ4n) is 7.48. The topological polar surface area (TPSA) is 55.8 Å². The van der Waals surface area contributed by atoms with E-state index >= 15 is 0 Å². The van der Waals surface area contributed by atoms with Crippen molar-refractivity contribution in [2.24, 2.45) is 17.3 Å². The molecule has 0 bridgehead atoms. The van der Waals surface area contributed by atoms with Gasteiger partial charge in [-0.3, -0.25) is 4.79 Å². The van der Waals surface area contributed by atoms with Crippen LogP contribution in [0.3, 0.4) is 0 Å². The summed E-state index contributed by atoms with van der Waals surface area (Å²) >= 11 is 0. The Morgan fingerprint density at radius 1 is 0.886 bits per heavy atom. The second-order valence-electron chi connectivity index (χ2n) is 11.0. The van der Waals surface area contributed by atoms with Gasteiger partial charge in [0.25, 0.3) is 0 Å². The lowest BCUT2D eigenvalue weighted by molar-refractivity contribution is -0.114. The van der Waals surface area contributed by atoms with Crippen molar-refractivity contribution in [1.82, 2.24) is 0 Å². The number of ether oxygens (including phenoxy) is 2. The zero-order chi connectivity index (χ0) is 24.2. The largest absolute Gasteiger partial charge is 0.497 e. The normalized spacial score (nSPS) is 31.9. The number of hydrogen-bond acceptors (Lipinski definition) is 4. The molecule has 0 heterocycles. The van der Waals surface area contributed by atoms with E-state index in [9.17, 15) is 9.90 Å². The minimum atomic E-state index is -0.232. The number of carbonyl (C=O) groups excluding carboxylic acids is 1. The molecule has 0 saturated heterocycles. The molecule has 0 aromatic heterocycles. The molecule has 4 unspecified atom stereocenters. The molecule has 182 valence electrons. The van der Waals surface area contributed by atoms with Gasteiger partial charge >= 0.3 is 0 Å². The third-order valence-electron chi connectivity index (χ3n) is 9.26. The summed E-state index contributed by atoms with van der Waals surface area (Å²) < 4.78 is 11.3. The number of ketones is 1. The van der Waals surface area contributed by atoms with Crippen LogP contribution in [0.25, 0.3) is 0 Å².